The number of aromatic nitrogens is 5. The molecule has 0 saturated heterocycles. The average Bonchev–Trinajstić information content (AvgIpc) is 3.19. The molecule has 4 heterocycles. The molecular formula is C21H22N6. The van der Waals surface area contributed by atoms with Crippen molar-refractivity contribution < 1.29 is 0 Å². The smallest absolute Gasteiger partial charge is 0.156 e. The van der Waals surface area contributed by atoms with E-state index in [0.29, 0.717) is 0 Å². The molecule has 0 unspecified atom stereocenters. The number of hydrogen-bond donors (Lipinski definition) is 1. The Morgan fingerprint density at radius 2 is 1.81 bits per heavy atom. The van der Waals surface area contributed by atoms with Crippen molar-refractivity contribution in [1.29, 1.82) is 0 Å². The first-order chi connectivity index (χ1) is 13.2. The molecule has 0 saturated carbocycles. The summed E-state index contributed by atoms with van der Waals surface area (Å²) in [6.07, 6.45) is 3.85. The maximum atomic E-state index is 4.82. The predicted molar refractivity (Wildman–Crippen MR) is 107 cm³/mol. The van der Waals surface area contributed by atoms with Gasteiger partial charge in [0.2, 0.25) is 0 Å². The molecule has 1 N–H and O–H groups in total. The zero-order valence-electron chi connectivity index (χ0n) is 15.6. The molecule has 1 aromatic carbocycles. The average molecular weight is 358 g/mol. The van der Waals surface area contributed by atoms with E-state index in [1.807, 2.05) is 25.3 Å². The van der Waals surface area contributed by atoms with Gasteiger partial charge in [0.05, 0.1) is 11.2 Å². The number of benzene rings is 1. The first-order valence-electron chi connectivity index (χ1n) is 9.37. The SMILES string of the molecule is Cc1nc(N2CCc3c(-c4ccccc4)nn(C)c3CC2)c2[nH]ccc2n1. The van der Waals surface area contributed by atoms with Crippen LogP contribution in [0.15, 0.2) is 42.6 Å². The van der Waals surface area contributed by atoms with Crippen molar-refractivity contribution in [2.45, 2.75) is 19.8 Å². The first kappa shape index (κ1) is 16.1. The standard InChI is InChI=1S/C21H22N6/c1-14-23-17-8-11-22-20(17)21(24-14)27-12-9-16-18(10-13-27)26(2)25-19(16)15-6-4-3-5-7-15/h3-8,11,22H,9-10,12-13H2,1-2H3. The topological polar surface area (TPSA) is 62.6 Å². The van der Waals surface area contributed by atoms with E-state index in [-0.39, 0.29) is 0 Å². The fourth-order valence-corrected chi connectivity index (χ4v) is 4.09. The summed E-state index contributed by atoms with van der Waals surface area (Å²) < 4.78 is 2.05. The Morgan fingerprint density at radius 3 is 2.67 bits per heavy atom. The molecule has 0 atom stereocenters. The zero-order valence-corrected chi connectivity index (χ0v) is 15.6. The van der Waals surface area contributed by atoms with Crippen LogP contribution in [0.3, 0.4) is 0 Å². The predicted octanol–water partition coefficient (Wildman–Crippen LogP) is 3.27. The van der Waals surface area contributed by atoms with Crippen LogP contribution in [-0.4, -0.2) is 37.8 Å². The van der Waals surface area contributed by atoms with Gasteiger partial charge in [0.15, 0.2) is 5.82 Å². The Hall–Kier alpha value is -3.15. The minimum atomic E-state index is 0.811. The molecule has 0 amide bonds. The number of hydrogen-bond acceptors (Lipinski definition) is 4. The molecule has 5 rings (SSSR count). The second kappa shape index (κ2) is 6.23. The Labute approximate surface area is 157 Å². The van der Waals surface area contributed by atoms with Gasteiger partial charge in [0, 0.05) is 49.6 Å². The summed E-state index contributed by atoms with van der Waals surface area (Å²) >= 11 is 0. The Balaban J connectivity index is 1.52. The van der Waals surface area contributed by atoms with Crippen LogP contribution < -0.4 is 4.90 Å². The van der Waals surface area contributed by atoms with E-state index in [1.165, 1.54) is 16.8 Å². The largest absolute Gasteiger partial charge is 0.357 e. The van der Waals surface area contributed by atoms with E-state index in [1.54, 1.807) is 0 Å². The van der Waals surface area contributed by atoms with Gasteiger partial charge in [-0.25, -0.2) is 9.97 Å². The van der Waals surface area contributed by atoms with Crippen LogP contribution in [0.1, 0.15) is 17.1 Å². The third-order valence-corrected chi connectivity index (χ3v) is 5.37. The van der Waals surface area contributed by atoms with Crippen LogP contribution in [0.4, 0.5) is 5.82 Å². The van der Waals surface area contributed by atoms with Crippen LogP contribution in [0, 0.1) is 6.92 Å². The number of nitrogens with one attached hydrogen (secondary N) is 1. The maximum Gasteiger partial charge on any atom is 0.156 e. The highest BCUT2D eigenvalue weighted by Crippen LogP contribution is 2.30. The molecule has 4 aromatic rings. The number of aromatic amines is 1. The van der Waals surface area contributed by atoms with E-state index in [2.05, 4.69) is 50.9 Å². The van der Waals surface area contributed by atoms with E-state index in [0.717, 1.165) is 54.3 Å². The molecule has 6 heteroatoms. The monoisotopic (exact) mass is 358 g/mol. The van der Waals surface area contributed by atoms with Gasteiger partial charge in [-0.3, -0.25) is 4.68 Å². The van der Waals surface area contributed by atoms with Gasteiger partial charge in [-0.1, -0.05) is 30.3 Å². The quantitative estimate of drug-likeness (QED) is 0.597. The van der Waals surface area contributed by atoms with Crippen molar-refractivity contribution in [2.24, 2.45) is 7.05 Å². The number of H-pyrrole nitrogens is 1. The zero-order chi connectivity index (χ0) is 18.4. The molecule has 27 heavy (non-hydrogen) atoms. The first-order valence-corrected chi connectivity index (χ1v) is 9.37. The van der Waals surface area contributed by atoms with Gasteiger partial charge in [-0.15, -0.1) is 0 Å². The summed E-state index contributed by atoms with van der Waals surface area (Å²) in [5.74, 6) is 1.81. The molecule has 3 aromatic heterocycles. The highest BCUT2D eigenvalue weighted by molar-refractivity contribution is 5.86. The molecule has 0 bridgehead atoms. The Morgan fingerprint density at radius 1 is 1.00 bits per heavy atom. The van der Waals surface area contributed by atoms with Gasteiger partial charge in [0.25, 0.3) is 0 Å². The van der Waals surface area contributed by atoms with Crippen LogP contribution in [-0.2, 0) is 19.9 Å². The summed E-state index contributed by atoms with van der Waals surface area (Å²) in [5.41, 5.74) is 6.98. The van der Waals surface area contributed by atoms with Crippen LogP contribution in [0.2, 0.25) is 0 Å². The van der Waals surface area contributed by atoms with Crippen molar-refractivity contribution in [3.05, 3.63) is 59.7 Å². The molecule has 136 valence electrons. The summed E-state index contributed by atoms with van der Waals surface area (Å²) in [6.45, 7) is 3.80. The molecule has 1 aliphatic heterocycles. The number of aryl methyl sites for hydroxylation is 2. The van der Waals surface area contributed by atoms with Gasteiger partial charge in [-0.05, 0) is 19.4 Å². The second-order valence-electron chi connectivity index (χ2n) is 7.08. The van der Waals surface area contributed by atoms with Crippen molar-refractivity contribution >= 4 is 16.9 Å². The van der Waals surface area contributed by atoms with E-state index >= 15 is 0 Å². The van der Waals surface area contributed by atoms with Gasteiger partial charge in [-0.2, -0.15) is 5.10 Å². The number of fused-ring (bicyclic) bond motifs is 2. The Kier molecular flexibility index (Phi) is 3.70. The van der Waals surface area contributed by atoms with E-state index in [9.17, 15) is 0 Å². The summed E-state index contributed by atoms with van der Waals surface area (Å²) in [4.78, 5) is 15.0. The minimum absolute atomic E-state index is 0.811. The van der Waals surface area contributed by atoms with Crippen molar-refractivity contribution in [1.82, 2.24) is 24.7 Å². The molecule has 0 spiro atoms. The number of rotatable bonds is 2. The number of nitrogens with zero attached hydrogens (tertiary/aromatic N) is 5. The molecule has 0 aliphatic carbocycles. The molecule has 0 fully saturated rings. The summed E-state index contributed by atoms with van der Waals surface area (Å²) in [6, 6.07) is 12.5. The summed E-state index contributed by atoms with van der Waals surface area (Å²) in [5, 5.41) is 4.82. The lowest BCUT2D eigenvalue weighted by Gasteiger charge is -2.22. The van der Waals surface area contributed by atoms with E-state index in [4.69, 9.17) is 10.1 Å². The highest BCUT2D eigenvalue weighted by Gasteiger charge is 2.24. The lowest BCUT2D eigenvalue weighted by Crippen LogP contribution is -2.28. The highest BCUT2D eigenvalue weighted by atomic mass is 15.3. The third-order valence-electron chi connectivity index (χ3n) is 5.37. The van der Waals surface area contributed by atoms with Crippen LogP contribution in [0.5, 0.6) is 0 Å². The molecule has 1 aliphatic rings. The van der Waals surface area contributed by atoms with Crippen LogP contribution >= 0.6 is 0 Å². The van der Waals surface area contributed by atoms with Crippen LogP contribution in [0.25, 0.3) is 22.3 Å². The second-order valence-corrected chi connectivity index (χ2v) is 7.08. The third kappa shape index (κ3) is 2.68. The maximum absolute atomic E-state index is 4.82. The molecule has 6 nitrogen and oxygen atoms in total. The number of anilines is 1. The lowest BCUT2D eigenvalue weighted by molar-refractivity contribution is 0.697. The molecule has 0 radical (unpaired) electrons. The van der Waals surface area contributed by atoms with E-state index < -0.39 is 0 Å². The van der Waals surface area contributed by atoms with Crippen molar-refractivity contribution in [3.8, 4) is 11.3 Å². The van der Waals surface area contributed by atoms with Gasteiger partial charge in [0.1, 0.15) is 11.3 Å². The van der Waals surface area contributed by atoms with Gasteiger partial charge >= 0.3 is 0 Å². The lowest BCUT2D eigenvalue weighted by atomic mass is 10.0. The van der Waals surface area contributed by atoms with Crippen molar-refractivity contribution in [3.63, 3.8) is 0 Å². The fourth-order valence-electron chi connectivity index (χ4n) is 4.09. The van der Waals surface area contributed by atoms with Crippen molar-refractivity contribution in [2.75, 3.05) is 18.0 Å². The normalized spacial score (nSPS) is 14.4. The minimum Gasteiger partial charge on any atom is -0.357 e. The Bertz CT molecular complexity index is 1110. The fraction of sp³-hybridized carbons (Fsp3) is 0.286. The molecular weight excluding hydrogens is 336 g/mol. The van der Waals surface area contributed by atoms with Gasteiger partial charge < -0.3 is 9.88 Å². The summed E-state index contributed by atoms with van der Waals surface area (Å²) in [7, 11) is 2.05.